The molecule has 0 atom stereocenters. The summed E-state index contributed by atoms with van der Waals surface area (Å²) in [5.74, 6) is -0.563. The van der Waals surface area contributed by atoms with Gasteiger partial charge in [-0.25, -0.2) is 4.39 Å². The highest BCUT2D eigenvalue weighted by Gasteiger charge is 2.21. The summed E-state index contributed by atoms with van der Waals surface area (Å²) in [4.78, 5) is -0.395. The molecule has 0 saturated carbocycles. The first-order valence-corrected chi connectivity index (χ1v) is 6.72. The van der Waals surface area contributed by atoms with E-state index in [1.165, 1.54) is 12.1 Å². The van der Waals surface area contributed by atoms with E-state index >= 15 is 0 Å². The Bertz CT molecular complexity index is 656. The molecule has 0 aliphatic carbocycles. The summed E-state index contributed by atoms with van der Waals surface area (Å²) in [6.07, 6.45) is 0. The first kappa shape index (κ1) is 12.9. The van der Waals surface area contributed by atoms with Gasteiger partial charge in [0, 0.05) is 0 Å². The standard InChI is InChI=1S/C12H8ClFO3S/c13-11-7-6-9(14)8-12(11)18(15,16)17-10-4-2-1-3-5-10/h1-8H. The lowest BCUT2D eigenvalue weighted by atomic mass is 10.3. The average molecular weight is 287 g/mol. The third-order valence-electron chi connectivity index (χ3n) is 2.11. The van der Waals surface area contributed by atoms with E-state index in [0.29, 0.717) is 0 Å². The molecule has 0 aromatic heterocycles. The molecule has 3 nitrogen and oxygen atoms in total. The second kappa shape index (κ2) is 4.96. The fourth-order valence-electron chi connectivity index (χ4n) is 1.32. The summed E-state index contributed by atoms with van der Waals surface area (Å²) in [7, 11) is -4.14. The van der Waals surface area contributed by atoms with Gasteiger partial charge in [0.25, 0.3) is 0 Å². The van der Waals surface area contributed by atoms with Crippen LogP contribution >= 0.6 is 11.6 Å². The zero-order valence-corrected chi connectivity index (χ0v) is 10.6. The van der Waals surface area contributed by atoms with Crippen molar-refractivity contribution < 1.29 is 17.0 Å². The maximum absolute atomic E-state index is 13.0. The van der Waals surface area contributed by atoms with Gasteiger partial charge in [-0.1, -0.05) is 29.8 Å². The van der Waals surface area contributed by atoms with Crippen LogP contribution in [0.2, 0.25) is 5.02 Å². The fraction of sp³-hybridized carbons (Fsp3) is 0. The smallest absolute Gasteiger partial charge is 0.340 e. The summed E-state index contributed by atoms with van der Waals surface area (Å²) in [5.41, 5.74) is 0. The fourth-order valence-corrected chi connectivity index (χ4v) is 2.74. The number of rotatable bonds is 3. The van der Waals surface area contributed by atoms with Crippen LogP contribution in [0.1, 0.15) is 0 Å². The predicted octanol–water partition coefficient (Wildman–Crippen LogP) is 3.25. The lowest BCUT2D eigenvalue weighted by Crippen LogP contribution is -2.10. The van der Waals surface area contributed by atoms with Crippen molar-refractivity contribution in [3.8, 4) is 5.75 Å². The van der Waals surface area contributed by atoms with Gasteiger partial charge in [-0.15, -0.1) is 0 Å². The lowest BCUT2D eigenvalue weighted by Gasteiger charge is -2.08. The van der Waals surface area contributed by atoms with Crippen molar-refractivity contribution in [2.24, 2.45) is 0 Å². The van der Waals surface area contributed by atoms with Crippen molar-refractivity contribution in [3.63, 3.8) is 0 Å². The summed E-state index contributed by atoms with van der Waals surface area (Å²) < 4.78 is 41.7. The van der Waals surface area contributed by atoms with Gasteiger partial charge in [0.15, 0.2) is 0 Å². The molecular formula is C12H8ClFO3S. The van der Waals surface area contributed by atoms with Gasteiger partial charge < -0.3 is 4.18 Å². The van der Waals surface area contributed by atoms with E-state index in [0.717, 1.165) is 18.2 Å². The van der Waals surface area contributed by atoms with Crippen LogP contribution < -0.4 is 4.18 Å². The van der Waals surface area contributed by atoms with Crippen LogP contribution in [-0.4, -0.2) is 8.42 Å². The normalized spacial score (nSPS) is 11.2. The first-order chi connectivity index (χ1) is 8.49. The van der Waals surface area contributed by atoms with Gasteiger partial charge in [-0.2, -0.15) is 8.42 Å². The van der Waals surface area contributed by atoms with Gasteiger partial charge in [-0.3, -0.25) is 0 Å². The molecule has 0 saturated heterocycles. The van der Waals surface area contributed by atoms with Crippen LogP contribution in [0.4, 0.5) is 4.39 Å². The number of benzene rings is 2. The summed E-state index contributed by atoms with van der Waals surface area (Å²) in [6, 6.07) is 11.0. The molecule has 0 spiro atoms. The average Bonchev–Trinajstić information content (AvgIpc) is 2.33. The minimum atomic E-state index is -4.14. The van der Waals surface area contributed by atoms with Crippen LogP contribution in [0.3, 0.4) is 0 Å². The highest BCUT2D eigenvalue weighted by Crippen LogP contribution is 2.25. The topological polar surface area (TPSA) is 43.4 Å². The first-order valence-electron chi connectivity index (χ1n) is 4.93. The summed E-state index contributed by atoms with van der Waals surface area (Å²) >= 11 is 5.72. The molecule has 2 aromatic carbocycles. The third kappa shape index (κ3) is 2.80. The zero-order valence-electron chi connectivity index (χ0n) is 9.01. The minimum Gasteiger partial charge on any atom is -0.379 e. The molecule has 94 valence electrons. The largest absolute Gasteiger partial charge is 0.379 e. The van der Waals surface area contributed by atoms with E-state index in [1.807, 2.05) is 0 Å². The van der Waals surface area contributed by atoms with Crippen LogP contribution in [0, 0.1) is 5.82 Å². The molecule has 0 heterocycles. The highest BCUT2D eigenvalue weighted by atomic mass is 35.5. The van der Waals surface area contributed by atoms with Crippen molar-refractivity contribution in [2.75, 3.05) is 0 Å². The molecule has 0 unspecified atom stereocenters. The van der Waals surface area contributed by atoms with Gasteiger partial charge in [0.05, 0.1) is 5.02 Å². The Balaban J connectivity index is 2.40. The van der Waals surface area contributed by atoms with Crippen LogP contribution in [0.25, 0.3) is 0 Å². The predicted molar refractivity (Wildman–Crippen MR) is 65.7 cm³/mol. The Morgan fingerprint density at radius 3 is 2.39 bits per heavy atom. The molecule has 0 amide bonds. The van der Waals surface area contributed by atoms with Crippen molar-refractivity contribution in [3.05, 3.63) is 59.4 Å². The van der Waals surface area contributed by atoms with Crippen LogP contribution in [-0.2, 0) is 10.1 Å². The van der Waals surface area contributed by atoms with E-state index in [1.54, 1.807) is 18.2 Å². The molecule has 0 fully saturated rings. The molecule has 0 aliphatic heterocycles. The van der Waals surface area contributed by atoms with Crippen molar-refractivity contribution in [1.29, 1.82) is 0 Å². The molecule has 18 heavy (non-hydrogen) atoms. The lowest BCUT2D eigenvalue weighted by molar-refractivity contribution is 0.485. The maximum Gasteiger partial charge on any atom is 0.340 e. The Morgan fingerprint density at radius 1 is 1.06 bits per heavy atom. The van der Waals surface area contributed by atoms with Gasteiger partial charge in [0.1, 0.15) is 16.5 Å². The Kier molecular flexibility index (Phi) is 3.54. The molecule has 6 heteroatoms. The van der Waals surface area contributed by atoms with E-state index < -0.39 is 20.8 Å². The molecular weight excluding hydrogens is 279 g/mol. The van der Waals surface area contributed by atoms with Crippen LogP contribution in [0.5, 0.6) is 5.75 Å². The minimum absolute atomic E-state index is 0.0904. The number of hydrogen-bond acceptors (Lipinski definition) is 3. The second-order valence-electron chi connectivity index (χ2n) is 3.43. The SMILES string of the molecule is O=S(=O)(Oc1ccccc1)c1cc(F)ccc1Cl. The van der Waals surface area contributed by atoms with E-state index in [-0.39, 0.29) is 10.8 Å². The van der Waals surface area contributed by atoms with Gasteiger partial charge in [-0.05, 0) is 30.3 Å². The zero-order chi connectivity index (χ0) is 13.2. The van der Waals surface area contributed by atoms with E-state index in [4.69, 9.17) is 15.8 Å². The number of hydrogen-bond donors (Lipinski definition) is 0. The molecule has 2 aromatic rings. The van der Waals surface area contributed by atoms with Crippen molar-refractivity contribution >= 4 is 21.7 Å². The summed E-state index contributed by atoms with van der Waals surface area (Å²) in [6.45, 7) is 0. The van der Waals surface area contributed by atoms with Gasteiger partial charge in [0.2, 0.25) is 0 Å². The van der Waals surface area contributed by atoms with Crippen molar-refractivity contribution in [2.45, 2.75) is 4.90 Å². The molecule has 0 aliphatic rings. The molecule has 0 bridgehead atoms. The Hall–Kier alpha value is -1.59. The van der Waals surface area contributed by atoms with Crippen molar-refractivity contribution in [1.82, 2.24) is 0 Å². The molecule has 0 radical (unpaired) electrons. The molecule has 2 rings (SSSR count). The van der Waals surface area contributed by atoms with E-state index in [2.05, 4.69) is 0 Å². The third-order valence-corrected chi connectivity index (χ3v) is 3.84. The number of halogens is 2. The quantitative estimate of drug-likeness (QED) is 0.814. The monoisotopic (exact) mass is 286 g/mol. The molecule has 0 N–H and O–H groups in total. The maximum atomic E-state index is 13.0. The van der Waals surface area contributed by atoms with Gasteiger partial charge >= 0.3 is 10.1 Å². The summed E-state index contributed by atoms with van der Waals surface area (Å²) in [5, 5.41) is -0.0904. The highest BCUT2D eigenvalue weighted by molar-refractivity contribution is 7.87. The van der Waals surface area contributed by atoms with E-state index in [9.17, 15) is 12.8 Å². The number of para-hydroxylation sites is 1. The second-order valence-corrected chi connectivity index (χ2v) is 5.35. The Morgan fingerprint density at radius 2 is 1.72 bits per heavy atom. The Labute approximate surface area is 109 Å². The van der Waals surface area contributed by atoms with Crippen LogP contribution in [0.15, 0.2) is 53.4 Å².